The molecule has 0 heterocycles. The summed E-state index contributed by atoms with van der Waals surface area (Å²) in [5.74, 6) is -0.818. The molecule has 0 saturated carbocycles. The third-order valence-electron chi connectivity index (χ3n) is 0.520. The molecule has 0 radical (unpaired) electrons. The van der Waals surface area contributed by atoms with Crippen molar-refractivity contribution < 1.29 is 17.5 Å². The van der Waals surface area contributed by atoms with Gasteiger partial charge >= 0.3 is 29.0 Å². The topological polar surface area (TPSA) is 46.5 Å². The van der Waals surface area contributed by atoms with E-state index in [-0.39, 0.29) is 32.3 Å². The smallest absolute Gasteiger partial charge is 1.00 e. The molecular formula is C4H10MgO3. The molecule has 0 bridgehead atoms. The number of methoxy groups -OCH3 is 1. The molecule has 0 rings (SSSR count). The standard InChI is InChI=1S/C4H8O3.Mg.2H/c1-7-3-2-4(5)6;;;/h2-3H2,1H3,(H,5,6);;;/q;+2;2*-1. The van der Waals surface area contributed by atoms with Gasteiger partial charge in [-0.1, -0.05) is 0 Å². The first-order valence-corrected chi connectivity index (χ1v) is 1.98. The van der Waals surface area contributed by atoms with Crippen LogP contribution in [0.15, 0.2) is 0 Å². The van der Waals surface area contributed by atoms with Crippen molar-refractivity contribution in [3.63, 3.8) is 0 Å². The molecule has 0 atom stereocenters. The molecule has 46 valence electrons. The molecule has 0 spiro atoms. The van der Waals surface area contributed by atoms with Crippen LogP contribution in [0.1, 0.15) is 9.27 Å². The second kappa shape index (κ2) is 7.20. The summed E-state index contributed by atoms with van der Waals surface area (Å²) in [5.41, 5.74) is 0. The maximum atomic E-state index is 9.68. The van der Waals surface area contributed by atoms with E-state index in [1.165, 1.54) is 7.11 Å². The molecule has 0 aliphatic carbocycles. The second-order valence-corrected chi connectivity index (χ2v) is 1.14. The van der Waals surface area contributed by atoms with E-state index in [1.54, 1.807) is 0 Å². The van der Waals surface area contributed by atoms with Crippen LogP contribution < -0.4 is 0 Å². The van der Waals surface area contributed by atoms with E-state index in [2.05, 4.69) is 4.74 Å². The summed E-state index contributed by atoms with van der Waals surface area (Å²) in [6.07, 6.45) is 0.0938. The molecule has 0 aromatic heterocycles. The summed E-state index contributed by atoms with van der Waals surface area (Å²) >= 11 is 0. The monoisotopic (exact) mass is 130 g/mol. The Balaban J connectivity index is -0.0000000600. The van der Waals surface area contributed by atoms with Gasteiger partial charge in [-0.15, -0.1) is 0 Å². The summed E-state index contributed by atoms with van der Waals surface area (Å²) in [4.78, 5) is 9.68. The predicted molar refractivity (Wildman–Crippen MR) is 32.1 cm³/mol. The van der Waals surface area contributed by atoms with Gasteiger partial charge in [0.2, 0.25) is 0 Å². The van der Waals surface area contributed by atoms with Crippen molar-refractivity contribution >= 4 is 29.0 Å². The van der Waals surface area contributed by atoms with Gasteiger partial charge in [-0.05, 0) is 0 Å². The Labute approximate surface area is 67.1 Å². The van der Waals surface area contributed by atoms with Gasteiger partial charge < -0.3 is 12.7 Å². The van der Waals surface area contributed by atoms with Crippen LogP contribution in [-0.4, -0.2) is 47.8 Å². The Kier molecular flexibility index (Phi) is 9.94. The normalized spacial score (nSPS) is 7.62. The minimum Gasteiger partial charge on any atom is -1.00 e. The number of hydrogen-bond donors (Lipinski definition) is 1. The van der Waals surface area contributed by atoms with Gasteiger partial charge in [0.1, 0.15) is 0 Å². The van der Waals surface area contributed by atoms with E-state index in [0.717, 1.165) is 0 Å². The van der Waals surface area contributed by atoms with Crippen molar-refractivity contribution in [2.45, 2.75) is 6.42 Å². The van der Waals surface area contributed by atoms with Crippen LogP contribution in [0.2, 0.25) is 0 Å². The van der Waals surface area contributed by atoms with Crippen molar-refractivity contribution in [1.82, 2.24) is 0 Å². The number of carbonyl (C=O) groups is 1. The zero-order chi connectivity index (χ0) is 5.70. The van der Waals surface area contributed by atoms with Gasteiger partial charge in [0.05, 0.1) is 13.0 Å². The minimum atomic E-state index is -0.818. The number of rotatable bonds is 3. The molecule has 3 nitrogen and oxygen atoms in total. The molecular weight excluding hydrogens is 120 g/mol. The Bertz CT molecular complexity index is 71.5. The van der Waals surface area contributed by atoms with Crippen LogP contribution in [0, 0.1) is 0 Å². The molecule has 4 heteroatoms. The molecule has 0 aromatic rings. The number of carboxylic acids is 1. The van der Waals surface area contributed by atoms with Crippen LogP contribution in [0.25, 0.3) is 0 Å². The minimum absolute atomic E-state index is 0. The maximum Gasteiger partial charge on any atom is 2.00 e. The van der Waals surface area contributed by atoms with Gasteiger partial charge in [0.15, 0.2) is 0 Å². The van der Waals surface area contributed by atoms with Crippen molar-refractivity contribution in [2.24, 2.45) is 0 Å². The van der Waals surface area contributed by atoms with Gasteiger partial charge in [0.25, 0.3) is 0 Å². The van der Waals surface area contributed by atoms with Crippen molar-refractivity contribution in [1.29, 1.82) is 0 Å². The first kappa shape index (κ1) is 11.1. The summed E-state index contributed by atoms with van der Waals surface area (Å²) in [6.45, 7) is 0.301. The van der Waals surface area contributed by atoms with E-state index in [4.69, 9.17) is 5.11 Å². The molecule has 0 unspecified atom stereocenters. The average molecular weight is 130 g/mol. The molecule has 0 saturated heterocycles. The molecule has 0 aromatic carbocycles. The fourth-order valence-electron chi connectivity index (χ4n) is 0.189. The molecule has 0 amide bonds. The number of aliphatic carboxylic acids is 1. The van der Waals surface area contributed by atoms with E-state index >= 15 is 0 Å². The maximum absolute atomic E-state index is 9.68. The molecule has 8 heavy (non-hydrogen) atoms. The predicted octanol–water partition coefficient (Wildman–Crippen LogP) is -0.0483. The van der Waals surface area contributed by atoms with E-state index in [0.29, 0.717) is 6.61 Å². The second-order valence-electron chi connectivity index (χ2n) is 1.14. The van der Waals surface area contributed by atoms with E-state index in [1.807, 2.05) is 0 Å². The van der Waals surface area contributed by atoms with Crippen molar-refractivity contribution in [3.8, 4) is 0 Å². The number of hydrogen-bond acceptors (Lipinski definition) is 2. The van der Waals surface area contributed by atoms with Crippen molar-refractivity contribution in [3.05, 3.63) is 0 Å². The summed E-state index contributed by atoms with van der Waals surface area (Å²) in [5, 5.41) is 7.96. The molecule has 0 aliphatic rings. The number of ether oxygens (including phenoxy) is 1. The largest absolute Gasteiger partial charge is 2.00 e. The van der Waals surface area contributed by atoms with Crippen LogP contribution in [0.3, 0.4) is 0 Å². The third-order valence-corrected chi connectivity index (χ3v) is 0.520. The Morgan fingerprint density at radius 3 is 2.50 bits per heavy atom. The van der Waals surface area contributed by atoms with Gasteiger partial charge in [-0.3, -0.25) is 4.79 Å². The summed E-state index contributed by atoms with van der Waals surface area (Å²) < 4.78 is 4.47. The first-order chi connectivity index (χ1) is 3.27. The fraction of sp³-hybridized carbons (Fsp3) is 0.750. The molecule has 0 fully saturated rings. The van der Waals surface area contributed by atoms with Crippen molar-refractivity contribution in [2.75, 3.05) is 13.7 Å². The fourth-order valence-corrected chi connectivity index (χ4v) is 0.189. The van der Waals surface area contributed by atoms with E-state index < -0.39 is 5.97 Å². The Morgan fingerprint density at radius 1 is 1.88 bits per heavy atom. The van der Waals surface area contributed by atoms with Gasteiger partial charge in [0, 0.05) is 7.11 Å². The van der Waals surface area contributed by atoms with Crippen LogP contribution >= 0.6 is 0 Å². The Hall–Kier alpha value is 0.196. The third kappa shape index (κ3) is 9.50. The van der Waals surface area contributed by atoms with Crippen LogP contribution in [0.4, 0.5) is 0 Å². The molecule has 1 N–H and O–H groups in total. The number of carboxylic acid groups (broad SMARTS) is 1. The zero-order valence-corrected chi connectivity index (χ0v) is 6.30. The van der Waals surface area contributed by atoms with Gasteiger partial charge in [-0.25, -0.2) is 0 Å². The summed E-state index contributed by atoms with van der Waals surface area (Å²) in [6, 6.07) is 0. The first-order valence-electron chi connectivity index (χ1n) is 1.98. The summed E-state index contributed by atoms with van der Waals surface area (Å²) in [7, 11) is 1.48. The zero-order valence-electron chi connectivity index (χ0n) is 6.89. The Morgan fingerprint density at radius 2 is 2.38 bits per heavy atom. The van der Waals surface area contributed by atoms with E-state index in [9.17, 15) is 4.79 Å². The quantitative estimate of drug-likeness (QED) is 0.545. The van der Waals surface area contributed by atoms with Crippen LogP contribution in [-0.2, 0) is 9.53 Å². The van der Waals surface area contributed by atoms with Gasteiger partial charge in [-0.2, -0.15) is 0 Å². The van der Waals surface area contributed by atoms with Crippen LogP contribution in [0.5, 0.6) is 0 Å². The molecule has 0 aliphatic heterocycles. The average Bonchev–Trinajstić information content (AvgIpc) is 1.61. The SMILES string of the molecule is COCCC(=O)O.[H-].[H-].[Mg+2].